The fourth-order valence-electron chi connectivity index (χ4n) is 2.58. The highest BCUT2D eigenvalue weighted by molar-refractivity contribution is 6.23. The lowest BCUT2D eigenvalue weighted by molar-refractivity contribution is -0.124. The fourth-order valence-corrected chi connectivity index (χ4v) is 2.58. The normalized spacial score (nSPS) is 13.8. The molecular formula is C18H24N2O3. The average molecular weight is 316 g/mol. The lowest BCUT2D eigenvalue weighted by Crippen LogP contribution is -2.48. The van der Waals surface area contributed by atoms with Crippen molar-refractivity contribution in [2.75, 3.05) is 7.05 Å². The van der Waals surface area contributed by atoms with Crippen molar-refractivity contribution in [3.8, 4) is 0 Å². The first-order valence-electron chi connectivity index (χ1n) is 7.83. The van der Waals surface area contributed by atoms with Crippen LogP contribution >= 0.6 is 0 Å². The Kier molecular flexibility index (Phi) is 6.69. The topological polar surface area (TPSA) is 66.5 Å². The molecule has 23 heavy (non-hydrogen) atoms. The maximum absolute atomic E-state index is 12.6. The Labute approximate surface area is 137 Å². The summed E-state index contributed by atoms with van der Waals surface area (Å²) in [5, 5.41) is 2.51. The summed E-state index contributed by atoms with van der Waals surface area (Å²) in [6, 6.07) is 4.34. The smallest absolute Gasteiger partial charge is 0.262 e. The highest BCUT2D eigenvalue weighted by atomic mass is 16.2. The summed E-state index contributed by atoms with van der Waals surface area (Å²) in [5.74, 6) is -1.15. The van der Waals surface area contributed by atoms with E-state index in [-0.39, 0.29) is 5.91 Å². The maximum atomic E-state index is 12.6. The molecular weight excluding hydrogens is 292 g/mol. The van der Waals surface area contributed by atoms with Gasteiger partial charge in [-0.2, -0.15) is 0 Å². The van der Waals surface area contributed by atoms with Crippen LogP contribution in [0.1, 0.15) is 53.0 Å². The number of carbonyl (C=O) groups excluding carboxylic acids is 3. The minimum Gasteiger partial charge on any atom is -0.357 e. The van der Waals surface area contributed by atoms with Crippen LogP contribution in [0.5, 0.6) is 0 Å². The van der Waals surface area contributed by atoms with E-state index in [1.165, 1.54) is 7.05 Å². The number of allylic oxidation sites excluding steroid dienone is 1. The van der Waals surface area contributed by atoms with E-state index in [1.54, 1.807) is 31.2 Å². The molecule has 0 saturated carbocycles. The van der Waals surface area contributed by atoms with Crippen LogP contribution in [-0.4, -0.2) is 35.7 Å². The van der Waals surface area contributed by atoms with Gasteiger partial charge in [-0.15, -0.1) is 6.58 Å². The minimum atomic E-state index is -0.806. The van der Waals surface area contributed by atoms with Gasteiger partial charge in [0.1, 0.15) is 6.04 Å². The van der Waals surface area contributed by atoms with Crippen LogP contribution < -0.4 is 5.32 Å². The van der Waals surface area contributed by atoms with Gasteiger partial charge < -0.3 is 5.32 Å². The molecule has 1 aliphatic heterocycles. The van der Waals surface area contributed by atoms with Crippen LogP contribution in [-0.2, 0) is 4.79 Å². The molecule has 1 atom stereocenters. The molecule has 1 aromatic carbocycles. The number of hydrogen-bond donors (Lipinski definition) is 1. The number of imide groups is 1. The Balaban J connectivity index is 0.00000127. The number of nitrogens with zero attached hydrogens (tertiary/aromatic N) is 1. The largest absolute Gasteiger partial charge is 0.357 e. The van der Waals surface area contributed by atoms with Crippen molar-refractivity contribution < 1.29 is 14.4 Å². The summed E-state index contributed by atoms with van der Waals surface area (Å²) in [6.07, 6.45) is 2.58. The second-order valence-electron chi connectivity index (χ2n) is 4.97. The molecule has 0 aliphatic carbocycles. The zero-order valence-electron chi connectivity index (χ0n) is 14.2. The zero-order chi connectivity index (χ0) is 17.6. The lowest BCUT2D eigenvalue weighted by atomic mass is 10.0. The van der Waals surface area contributed by atoms with E-state index < -0.39 is 17.9 Å². The minimum absolute atomic E-state index is 0.344. The predicted octanol–water partition coefficient (Wildman–Crippen LogP) is 2.70. The predicted molar refractivity (Wildman–Crippen MR) is 90.3 cm³/mol. The summed E-state index contributed by atoms with van der Waals surface area (Å²) in [7, 11) is 1.49. The van der Waals surface area contributed by atoms with Gasteiger partial charge in [-0.1, -0.05) is 32.1 Å². The molecule has 1 aliphatic rings. The Morgan fingerprint density at radius 2 is 1.96 bits per heavy atom. The zero-order valence-corrected chi connectivity index (χ0v) is 14.2. The molecule has 5 nitrogen and oxygen atoms in total. The summed E-state index contributed by atoms with van der Waals surface area (Å²) in [6.45, 7) is 9.40. The number of likely N-dealkylation sites (N-methyl/N-ethyl adjacent to an activating group) is 1. The first kappa shape index (κ1) is 18.6. The van der Waals surface area contributed by atoms with Gasteiger partial charge in [0.15, 0.2) is 0 Å². The van der Waals surface area contributed by atoms with E-state index in [2.05, 4.69) is 11.9 Å². The molecule has 0 aromatic heterocycles. The second kappa shape index (κ2) is 8.27. The van der Waals surface area contributed by atoms with E-state index in [0.717, 1.165) is 10.5 Å². The molecule has 0 bridgehead atoms. The number of rotatable bonds is 5. The molecule has 1 heterocycles. The van der Waals surface area contributed by atoms with Crippen LogP contribution in [0.15, 0.2) is 30.9 Å². The van der Waals surface area contributed by atoms with Crippen LogP contribution in [0.3, 0.4) is 0 Å². The Morgan fingerprint density at radius 3 is 2.48 bits per heavy atom. The van der Waals surface area contributed by atoms with E-state index in [0.29, 0.717) is 24.0 Å². The molecule has 0 fully saturated rings. The van der Waals surface area contributed by atoms with Gasteiger partial charge in [0.25, 0.3) is 11.8 Å². The van der Waals surface area contributed by atoms with Crippen LogP contribution in [0.2, 0.25) is 0 Å². The standard InChI is InChI=1S/C16H18N2O3.C2H6/c1-4-5-9-12(14(19)17-3)18-15(20)11-8-6-7-10(2)13(11)16(18)21;1-2/h4,6-8,12H,1,5,9H2,2-3H3,(H,17,19);1-2H3. The SMILES string of the molecule is C=CCCC(C(=O)NC)N1C(=O)c2cccc(C)c2C1=O.CC. The number of aryl methyl sites for hydroxylation is 1. The highest BCUT2D eigenvalue weighted by Gasteiger charge is 2.42. The van der Waals surface area contributed by atoms with Crippen molar-refractivity contribution >= 4 is 17.7 Å². The lowest BCUT2D eigenvalue weighted by Gasteiger charge is -2.24. The highest BCUT2D eigenvalue weighted by Crippen LogP contribution is 2.28. The van der Waals surface area contributed by atoms with E-state index in [9.17, 15) is 14.4 Å². The van der Waals surface area contributed by atoms with Gasteiger partial charge in [0, 0.05) is 7.05 Å². The van der Waals surface area contributed by atoms with Crippen LogP contribution in [0.25, 0.3) is 0 Å². The number of fused-ring (bicyclic) bond motifs is 1. The fraction of sp³-hybridized carbons (Fsp3) is 0.389. The molecule has 1 N–H and O–H groups in total. The van der Waals surface area contributed by atoms with Crippen molar-refractivity contribution in [1.29, 1.82) is 0 Å². The molecule has 1 unspecified atom stereocenters. The van der Waals surface area contributed by atoms with Crippen molar-refractivity contribution in [1.82, 2.24) is 10.2 Å². The number of nitrogens with one attached hydrogen (secondary N) is 1. The Morgan fingerprint density at radius 1 is 1.30 bits per heavy atom. The molecule has 0 saturated heterocycles. The molecule has 3 amide bonds. The third-order valence-corrected chi connectivity index (χ3v) is 3.66. The van der Waals surface area contributed by atoms with E-state index >= 15 is 0 Å². The summed E-state index contributed by atoms with van der Waals surface area (Å²) in [5.41, 5.74) is 1.51. The Hall–Kier alpha value is -2.43. The molecule has 0 radical (unpaired) electrons. The molecule has 2 rings (SSSR count). The van der Waals surface area contributed by atoms with Gasteiger partial charge in [-0.05, 0) is 31.4 Å². The Bertz CT molecular complexity index is 623. The number of hydrogen-bond acceptors (Lipinski definition) is 3. The van der Waals surface area contributed by atoms with Gasteiger partial charge >= 0.3 is 0 Å². The number of carbonyl (C=O) groups is 3. The van der Waals surface area contributed by atoms with Gasteiger partial charge in [0.2, 0.25) is 5.91 Å². The molecule has 124 valence electrons. The second-order valence-corrected chi connectivity index (χ2v) is 4.97. The quantitative estimate of drug-likeness (QED) is 0.671. The number of benzene rings is 1. The third-order valence-electron chi connectivity index (χ3n) is 3.66. The van der Waals surface area contributed by atoms with Crippen LogP contribution in [0, 0.1) is 6.92 Å². The third kappa shape index (κ3) is 3.50. The summed E-state index contributed by atoms with van der Waals surface area (Å²) in [4.78, 5) is 38.1. The van der Waals surface area contributed by atoms with E-state index in [4.69, 9.17) is 0 Å². The molecule has 0 spiro atoms. The van der Waals surface area contributed by atoms with Crippen molar-refractivity contribution in [2.24, 2.45) is 0 Å². The maximum Gasteiger partial charge on any atom is 0.262 e. The van der Waals surface area contributed by atoms with Crippen LogP contribution in [0.4, 0.5) is 0 Å². The molecule has 1 aromatic rings. The van der Waals surface area contributed by atoms with Crippen molar-refractivity contribution in [3.05, 3.63) is 47.5 Å². The van der Waals surface area contributed by atoms with E-state index in [1.807, 2.05) is 13.8 Å². The first-order chi connectivity index (χ1) is 11.0. The average Bonchev–Trinajstić information content (AvgIpc) is 2.82. The van der Waals surface area contributed by atoms with Gasteiger partial charge in [-0.3, -0.25) is 19.3 Å². The van der Waals surface area contributed by atoms with Crippen molar-refractivity contribution in [3.63, 3.8) is 0 Å². The first-order valence-corrected chi connectivity index (χ1v) is 7.83. The van der Waals surface area contributed by atoms with Crippen molar-refractivity contribution in [2.45, 2.75) is 39.7 Å². The number of amides is 3. The summed E-state index contributed by atoms with van der Waals surface area (Å²) >= 11 is 0. The van der Waals surface area contributed by atoms with Gasteiger partial charge in [-0.25, -0.2) is 0 Å². The molecule has 5 heteroatoms. The monoisotopic (exact) mass is 316 g/mol. The summed E-state index contributed by atoms with van der Waals surface area (Å²) < 4.78 is 0. The van der Waals surface area contributed by atoms with Gasteiger partial charge in [0.05, 0.1) is 11.1 Å².